The molecule has 1 aromatic carbocycles. The number of carbonyl (C=O) groups excluding carboxylic acids is 3. The topological polar surface area (TPSA) is 80.6 Å². The number of ether oxygens (including phenoxy) is 1. The quantitative estimate of drug-likeness (QED) is 0.715. The van der Waals surface area contributed by atoms with Gasteiger partial charge in [-0.2, -0.15) is 0 Å². The maximum atomic E-state index is 12.6. The van der Waals surface area contributed by atoms with E-state index in [1.54, 1.807) is 6.08 Å². The van der Waals surface area contributed by atoms with Crippen LogP contribution in [0.5, 0.6) is 0 Å². The van der Waals surface area contributed by atoms with Gasteiger partial charge in [0.05, 0.1) is 11.0 Å². The summed E-state index contributed by atoms with van der Waals surface area (Å²) in [6.45, 7) is 5.09. The molecule has 3 heterocycles. The lowest BCUT2D eigenvalue weighted by molar-refractivity contribution is -0.124. The van der Waals surface area contributed by atoms with E-state index in [0.717, 1.165) is 47.7 Å². The van der Waals surface area contributed by atoms with Crippen LogP contribution in [-0.4, -0.2) is 51.8 Å². The zero-order valence-electron chi connectivity index (χ0n) is 17.1. The third-order valence-corrected chi connectivity index (χ3v) is 6.19. The van der Waals surface area contributed by atoms with Gasteiger partial charge in [-0.1, -0.05) is 18.2 Å². The minimum absolute atomic E-state index is 0.0852. The highest BCUT2D eigenvalue weighted by Crippen LogP contribution is 2.35. The lowest BCUT2D eigenvalue weighted by Gasteiger charge is -2.16. The summed E-state index contributed by atoms with van der Waals surface area (Å²) in [6, 6.07) is 7.55. The molecule has 0 radical (unpaired) electrons. The van der Waals surface area contributed by atoms with E-state index in [1.807, 2.05) is 48.9 Å². The van der Waals surface area contributed by atoms with Gasteiger partial charge in [0.25, 0.3) is 11.1 Å². The maximum Gasteiger partial charge on any atom is 0.293 e. The van der Waals surface area contributed by atoms with E-state index in [9.17, 15) is 14.4 Å². The molecule has 8 heteroatoms. The van der Waals surface area contributed by atoms with Crippen LogP contribution in [0.25, 0.3) is 17.0 Å². The lowest BCUT2D eigenvalue weighted by Crippen LogP contribution is -2.34. The number of fused-ring (bicyclic) bond motifs is 1. The Morgan fingerprint density at radius 3 is 2.83 bits per heavy atom. The van der Waals surface area contributed by atoms with Gasteiger partial charge in [-0.05, 0) is 50.6 Å². The first kappa shape index (κ1) is 20.7. The van der Waals surface area contributed by atoms with Gasteiger partial charge < -0.3 is 14.6 Å². The van der Waals surface area contributed by atoms with E-state index < -0.39 is 0 Å². The van der Waals surface area contributed by atoms with Crippen molar-refractivity contribution in [2.75, 3.05) is 13.2 Å². The van der Waals surface area contributed by atoms with E-state index in [-0.39, 0.29) is 35.7 Å². The molecule has 4 rings (SSSR count). The summed E-state index contributed by atoms with van der Waals surface area (Å²) in [5.41, 5.74) is 1.71. The Bertz CT molecular complexity index is 1020. The van der Waals surface area contributed by atoms with Gasteiger partial charge in [-0.15, -0.1) is 0 Å². The Morgan fingerprint density at radius 1 is 1.33 bits per heavy atom. The van der Waals surface area contributed by atoms with E-state index >= 15 is 0 Å². The molecule has 0 aliphatic carbocycles. The molecule has 2 saturated heterocycles. The molecular formula is C22H25N3O4S. The average Bonchev–Trinajstić information content (AvgIpc) is 3.41. The highest BCUT2D eigenvalue weighted by Gasteiger charge is 2.36. The molecule has 0 unspecified atom stereocenters. The van der Waals surface area contributed by atoms with E-state index in [4.69, 9.17) is 4.74 Å². The molecule has 7 nitrogen and oxygen atoms in total. The van der Waals surface area contributed by atoms with E-state index in [2.05, 4.69) is 5.32 Å². The van der Waals surface area contributed by atoms with E-state index in [0.29, 0.717) is 11.4 Å². The first-order valence-corrected chi connectivity index (χ1v) is 11.0. The van der Waals surface area contributed by atoms with Crippen molar-refractivity contribution in [2.45, 2.75) is 45.4 Å². The minimum atomic E-state index is -0.272. The van der Waals surface area contributed by atoms with Gasteiger partial charge in [-0.25, -0.2) is 0 Å². The zero-order valence-corrected chi connectivity index (χ0v) is 17.9. The van der Waals surface area contributed by atoms with Crippen molar-refractivity contribution >= 4 is 45.8 Å². The fourth-order valence-electron chi connectivity index (χ4n) is 3.83. The molecule has 2 aliphatic heterocycles. The number of carbonyl (C=O) groups is 3. The van der Waals surface area contributed by atoms with Crippen LogP contribution in [0.4, 0.5) is 4.79 Å². The normalized spacial score (nSPS) is 20.8. The number of thioether (sulfide) groups is 1. The summed E-state index contributed by atoms with van der Waals surface area (Å²) in [7, 11) is 0. The molecule has 2 aromatic rings. The molecule has 0 saturated carbocycles. The minimum Gasteiger partial charge on any atom is -0.376 e. The molecule has 2 aliphatic rings. The molecule has 0 bridgehead atoms. The third-order valence-electron chi connectivity index (χ3n) is 5.31. The Kier molecular flexibility index (Phi) is 5.97. The van der Waals surface area contributed by atoms with Crippen LogP contribution in [0.1, 0.15) is 32.3 Å². The van der Waals surface area contributed by atoms with Crippen molar-refractivity contribution in [3.05, 3.63) is 40.9 Å². The molecule has 1 N–H and O–H groups in total. The second-order valence-corrected chi connectivity index (χ2v) is 8.81. The number of rotatable bonds is 6. The average molecular weight is 428 g/mol. The zero-order chi connectivity index (χ0) is 21.3. The van der Waals surface area contributed by atoms with Crippen molar-refractivity contribution in [2.24, 2.45) is 0 Å². The molecule has 3 amide bonds. The largest absolute Gasteiger partial charge is 0.376 e. The van der Waals surface area contributed by atoms with Crippen molar-refractivity contribution in [3.63, 3.8) is 0 Å². The second kappa shape index (κ2) is 8.65. The number of aromatic nitrogens is 1. The first-order chi connectivity index (χ1) is 14.4. The van der Waals surface area contributed by atoms with Crippen LogP contribution >= 0.6 is 11.8 Å². The van der Waals surface area contributed by atoms with Gasteiger partial charge in [-0.3, -0.25) is 19.3 Å². The SMILES string of the molecule is CC(C)N1C(=O)S/C(=C\c2cn(CC(=O)NC[C@@H]3CCCO3)c3ccccc23)C1=O. The number of para-hydroxylation sites is 1. The molecule has 2 fully saturated rings. The molecule has 158 valence electrons. The standard InChI is InChI=1S/C22H25N3O4S/c1-14(2)25-21(27)19(30-22(25)28)10-15-12-24(18-8-4-3-7-17(15)18)13-20(26)23-11-16-6-5-9-29-16/h3-4,7-8,10,12,14,16H,5-6,9,11,13H2,1-2H3,(H,23,26)/b19-10-/t16-/m0/s1. The summed E-state index contributed by atoms with van der Waals surface area (Å²) in [5, 5.41) is 3.62. The van der Waals surface area contributed by atoms with E-state index in [1.165, 1.54) is 4.90 Å². The van der Waals surface area contributed by atoms with Crippen molar-refractivity contribution in [1.82, 2.24) is 14.8 Å². The number of imide groups is 1. The molecule has 1 aromatic heterocycles. The molecule has 30 heavy (non-hydrogen) atoms. The maximum absolute atomic E-state index is 12.6. The number of hydrogen-bond acceptors (Lipinski definition) is 5. The van der Waals surface area contributed by atoms with Gasteiger partial charge in [0, 0.05) is 41.9 Å². The fourth-order valence-corrected chi connectivity index (χ4v) is 4.78. The van der Waals surface area contributed by atoms with Crippen molar-refractivity contribution in [3.8, 4) is 0 Å². The predicted molar refractivity (Wildman–Crippen MR) is 117 cm³/mol. The van der Waals surface area contributed by atoms with Gasteiger partial charge >= 0.3 is 0 Å². The smallest absolute Gasteiger partial charge is 0.293 e. The van der Waals surface area contributed by atoms with Crippen LogP contribution < -0.4 is 5.32 Å². The van der Waals surface area contributed by atoms with Crippen molar-refractivity contribution < 1.29 is 19.1 Å². The summed E-state index contributed by atoms with van der Waals surface area (Å²) < 4.78 is 7.43. The van der Waals surface area contributed by atoms with Crippen molar-refractivity contribution in [1.29, 1.82) is 0 Å². The van der Waals surface area contributed by atoms with Gasteiger partial charge in [0.1, 0.15) is 6.54 Å². The summed E-state index contributed by atoms with van der Waals surface area (Å²) in [4.78, 5) is 38.9. The number of nitrogens with one attached hydrogen (secondary N) is 1. The lowest BCUT2D eigenvalue weighted by atomic mass is 10.1. The van der Waals surface area contributed by atoms with Crippen LogP contribution in [0, 0.1) is 0 Å². The summed E-state index contributed by atoms with van der Waals surface area (Å²) in [6.07, 6.45) is 5.72. The fraction of sp³-hybridized carbons (Fsp3) is 0.409. The summed E-state index contributed by atoms with van der Waals surface area (Å²) in [5.74, 6) is -0.357. The molecule has 0 spiro atoms. The van der Waals surface area contributed by atoms with Crippen LogP contribution in [0.3, 0.4) is 0 Å². The number of benzene rings is 1. The van der Waals surface area contributed by atoms with Crippen LogP contribution in [-0.2, 0) is 20.9 Å². The van der Waals surface area contributed by atoms with Gasteiger partial charge in [0.15, 0.2) is 0 Å². The molecule has 1 atom stereocenters. The number of nitrogens with zero attached hydrogens (tertiary/aromatic N) is 2. The highest BCUT2D eigenvalue weighted by atomic mass is 32.2. The van der Waals surface area contributed by atoms with Crippen LogP contribution in [0.15, 0.2) is 35.4 Å². The summed E-state index contributed by atoms with van der Waals surface area (Å²) >= 11 is 0.955. The first-order valence-electron chi connectivity index (χ1n) is 10.2. The molecular weight excluding hydrogens is 402 g/mol. The highest BCUT2D eigenvalue weighted by molar-refractivity contribution is 8.18. The Hall–Kier alpha value is -2.58. The number of hydrogen-bond donors (Lipinski definition) is 1. The Morgan fingerprint density at radius 2 is 2.13 bits per heavy atom. The monoisotopic (exact) mass is 427 g/mol. The number of amides is 3. The Labute approximate surface area is 179 Å². The Balaban J connectivity index is 1.56. The van der Waals surface area contributed by atoms with Gasteiger partial charge in [0.2, 0.25) is 5.91 Å². The third kappa shape index (κ3) is 4.15. The second-order valence-electron chi connectivity index (χ2n) is 7.81. The van der Waals surface area contributed by atoms with Crippen LogP contribution in [0.2, 0.25) is 0 Å². The predicted octanol–water partition coefficient (Wildman–Crippen LogP) is 3.38.